The highest BCUT2D eigenvalue weighted by Gasteiger charge is 2.11. The predicted octanol–water partition coefficient (Wildman–Crippen LogP) is 2.40. The van der Waals surface area contributed by atoms with Gasteiger partial charge in [0, 0.05) is 31.5 Å². The second-order valence-electron chi connectivity index (χ2n) is 5.91. The lowest BCUT2D eigenvalue weighted by Gasteiger charge is -2.11. The van der Waals surface area contributed by atoms with Crippen molar-refractivity contribution >= 4 is 17.3 Å². The zero-order chi connectivity index (χ0) is 18.5. The molecule has 0 saturated carbocycles. The highest BCUT2D eigenvalue weighted by Crippen LogP contribution is 2.14. The van der Waals surface area contributed by atoms with Crippen LogP contribution in [-0.2, 0) is 16.1 Å². The quantitative estimate of drug-likeness (QED) is 0.717. The molecule has 2 aromatic heterocycles. The van der Waals surface area contributed by atoms with E-state index in [1.165, 1.54) is 0 Å². The van der Waals surface area contributed by atoms with Gasteiger partial charge in [-0.2, -0.15) is 0 Å². The number of carbonyl (C=O) groups is 1. The smallest absolute Gasteiger partial charge is 0.329 e. The number of imidazole rings is 1. The monoisotopic (exact) mass is 349 g/mol. The third kappa shape index (κ3) is 4.02. The van der Waals surface area contributed by atoms with Gasteiger partial charge in [-0.3, -0.25) is 4.40 Å². The molecule has 0 aliphatic rings. The lowest BCUT2D eigenvalue weighted by atomic mass is 10.2. The average molecular weight is 349 g/mol. The SMILES string of the molecule is CN(C)c1ccc(C#Cc2c(COCC(=O)O)nc3ccccn23)cc1. The van der Waals surface area contributed by atoms with E-state index >= 15 is 0 Å². The number of pyridine rings is 1. The summed E-state index contributed by atoms with van der Waals surface area (Å²) in [6, 6.07) is 13.6. The topological polar surface area (TPSA) is 67.1 Å². The Labute approximate surface area is 151 Å². The van der Waals surface area contributed by atoms with Crippen LogP contribution >= 0.6 is 0 Å². The summed E-state index contributed by atoms with van der Waals surface area (Å²) in [5.74, 6) is 5.28. The molecule has 0 amide bonds. The van der Waals surface area contributed by atoms with E-state index < -0.39 is 5.97 Å². The fourth-order valence-electron chi connectivity index (χ4n) is 2.49. The molecule has 2 heterocycles. The van der Waals surface area contributed by atoms with E-state index in [1.807, 2.05) is 72.1 Å². The fraction of sp³-hybridized carbons (Fsp3) is 0.200. The van der Waals surface area contributed by atoms with Crippen molar-refractivity contribution in [1.29, 1.82) is 0 Å². The van der Waals surface area contributed by atoms with E-state index in [1.54, 1.807) is 0 Å². The molecule has 0 aliphatic heterocycles. The van der Waals surface area contributed by atoms with Gasteiger partial charge in [0.2, 0.25) is 0 Å². The highest BCUT2D eigenvalue weighted by molar-refractivity contribution is 5.68. The maximum atomic E-state index is 10.7. The van der Waals surface area contributed by atoms with Crippen molar-refractivity contribution in [1.82, 2.24) is 9.38 Å². The van der Waals surface area contributed by atoms with Gasteiger partial charge in [-0.05, 0) is 42.3 Å². The molecule has 0 aliphatic carbocycles. The Morgan fingerprint density at radius 3 is 2.65 bits per heavy atom. The van der Waals surface area contributed by atoms with Crippen molar-refractivity contribution in [2.75, 3.05) is 25.6 Å². The molecule has 0 spiro atoms. The molecule has 6 nitrogen and oxygen atoms in total. The summed E-state index contributed by atoms with van der Waals surface area (Å²) in [4.78, 5) is 17.2. The van der Waals surface area contributed by atoms with E-state index in [2.05, 4.69) is 16.8 Å². The summed E-state index contributed by atoms with van der Waals surface area (Å²) in [5, 5.41) is 8.73. The number of carboxylic acids is 1. The van der Waals surface area contributed by atoms with Crippen LogP contribution in [0.25, 0.3) is 5.65 Å². The number of nitrogens with zero attached hydrogens (tertiary/aromatic N) is 3. The molecule has 1 N–H and O–H groups in total. The van der Waals surface area contributed by atoms with Gasteiger partial charge in [-0.1, -0.05) is 12.0 Å². The Morgan fingerprint density at radius 1 is 1.19 bits per heavy atom. The predicted molar refractivity (Wildman–Crippen MR) is 99.2 cm³/mol. The number of aromatic nitrogens is 2. The van der Waals surface area contributed by atoms with Crippen LogP contribution in [0.4, 0.5) is 5.69 Å². The summed E-state index contributed by atoms with van der Waals surface area (Å²) in [7, 11) is 3.98. The Bertz CT molecular complexity index is 979. The molecule has 0 fully saturated rings. The number of hydrogen-bond donors (Lipinski definition) is 1. The molecule has 132 valence electrons. The summed E-state index contributed by atoms with van der Waals surface area (Å²) in [6.07, 6.45) is 1.88. The molecule has 3 aromatic rings. The second kappa shape index (κ2) is 7.72. The number of rotatable bonds is 5. The van der Waals surface area contributed by atoms with Gasteiger partial charge in [0.05, 0.1) is 6.61 Å². The molecular formula is C20H19N3O3. The average Bonchev–Trinajstić information content (AvgIpc) is 2.97. The van der Waals surface area contributed by atoms with Crippen LogP contribution in [0.2, 0.25) is 0 Å². The van der Waals surface area contributed by atoms with Crippen LogP contribution in [0.1, 0.15) is 17.0 Å². The number of ether oxygens (including phenoxy) is 1. The summed E-state index contributed by atoms with van der Waals surface area (Å²) in [6.45, 7) is -0.274. The Balaban J connectivity index is 1.92. The highest BCUT2D eigenvalue weighted by atomic mass is 16.5. The number of benzene rings is 1. The Hall–Kier alpha value is -3.30. The summed E-state index contributed by atoms with van der Waals surface area (Å²) in [5.41, 5.74) is 4.05. The fourth-order valence-corrected chi connectivity index (χ4v) is 2.49. The molecule has 0 atom stereocenters. The summed E-state index contributed by atoms with van der Waals surface area (Å²) >= 11 is 0. The third-order valence-electron chi connectivity index (χ3n) is 3.78. The number of carboxylic acid groups (broad SMARTS) is 1. The van der Waals surface area contributed by atoms with Crippen molar-refractivity contribution in [2.45, 2.75) is 6.61 Å². The lowest BCUT2D eigenvalue weighted by molar-refractivity contribution is -0.142. The van der Waals surface area contributed by atoms with Gasteiger partial charge in [0.25, 0.3) is 0 Å². The molecular weight excluding hydrogens is 330 g/mol. The molecule has 0 radical (unpaired) electrons. The second-order valence-corrected chi connectivity index (χ2v) is 5.91. The van der Waals surface area contributed by atoms with Crippen LogP contribution in [0.15, 0.2) is 48.7 Å². The van der Waals surface area contributed by atoms with E-state index in [4.69, 9.17) is 9.84 Å². The van der Waals surface area contributed by atoms with E-state index in [-0.39, 0.29) is 13.2 Å². The lowest BCUT2D eigenvalue weighted by Crippen LogP contribution is -2.08. The van der Waals surface area contributed by atoms with Gasteiger partial charge in [-0.15, -0.1) is 0 Å². The first-order chi connectivity index (χ1) is 12.5. The van der Waals surface area contributed by atoms with Crippen molar-refractivity contribution in [3.05, 3.63) is 65.6 Å². The maximum Gasteiger partial charge on any atom is 0.329 e. The molecule has 6 heteroatoms. The van der Waals surface area contributed by atoms with Gasteiger partial charge in [0.1, 0.15) is 23.6 Å². The first-order valence-corrected chi connectivity index (χ1v) is 8.09. The van der Waals surface area contributed by atoms with Crippen LogP contribution in [0.3, 0.4) is 0 Å². The van der Waals surface area contributed by atoms with Gasteiger partial charge < -0.3 is 14.7 Å². The van der Waals surface area contributed by atoms with Crippen molar-refractivity contribution in [3.8, 4) is 11.8 Å². The van der Waals surface area contributed by atoms with Crippen LogP contribution < -0.4 is 4.90 Å². The summed E-state index contributed by atoms with van der Waals surface area (Å²) < 4.78 is 7.07. The molecule has 0 saturated heterocycles. The molecule has 3 rings (SSSR count). The minimum Gasteiger partial charge on any atom is -0.480 e. The number of fused-ring (bicyclic) bond motifs is 1. The number of anilines is 1. The van der Waals surface area contributed by atoms with E-state index in [0.717, 1.165) is 16.9 Å². The van der Waals surface area contributed by atoms with Gasteiger partial charge >= 0.3 is 5.97 Å². The normalized spacial score (nSPS) is 10.4. The van der Waals surface area contributed by atoms with Crippen molar-refractivity contribution in [3.63, 3.8) is 0 Å². The van der Waals surface area contributed by atoms with E-state index in [0.29, 0.717) is 11.4 Å². The molecule has 0 bridgehead atoms. The first kappa shape index (κ1) is 17.5. The van der Waals surface area contributed by atoms with Crippen LogP contribution in [0, 0.1) is 11.8 Å². The zero-order valence-corrected chi connectivity index (χ0v) is 14.6. The molecule has 0 unspecified atom stereocenters. The van der Waals surface area contributed by atoms with Crippen LogP contribution in [-0.4, -0.2) is 41.2 Å². The van der Waals surface area contributed by atoms with Gasteiger partial charge in [0.15, 0.2) is 0 Å². The minimum absolute atomic E-state index is 0.0948. The standard InChI is InChI=1S/C20H19N3O3/c1-22(2)16-9-6-15(7-10-16)8-11-18-17(13-26-14-20(24)25)21-19-5-3-4-12-23(18)19/h3-7,9-10,12H,13-14H2,1-2H3,(H,24,25). The molecule has 26 heavy (non-hydrogen) atoms. The first-order valence-electron chi connectivity index (χ1n) is 8.09. The number of hydrogen-bond acceptors (Lipinski definition) is 4. The van der Waals surface area contributed by atoms with Crippen LogP contribution in [0.5, 0.6) is 0 Å². The zero-order valence-electron chi connectivity index (χ0n) is 14.6. The molecule has 1 aromatic carbocycles. The van der Waals surface area contributed by atoms with Crippen molar-refractivity contribution in [2.24, 2.45) is 0 Å². The Kier molecular flexibility index (Phi) is 5.20. The van der Waals surface area contributed by atoms with E-state index in [9.17, 15) is 4.79 Å². The largest absolute Gasteiger partial charge is 0.480 e. The maximum absolute atomic E-state index is 10.7. The number of aliphatic carboxylic acids is 1. The Morgan fingerprint density at radius 2 is 1.96 bits per heavy atom. The minimum atomic E-state index is -1.01. The van der Waals surface area contributed by atoms with Gasteiger partial charge in [-0.25, -0.2) is 9.78 Å². The van der Waals surface area contributed by atoms with Crippen molar-refractivity contribution < 1.29 is 14.6 Å². The third-order valence-corrected chi connectivity index (χ3v) is 3.78.